The molecule has 1 radical (unpaired) electrons. The number of benzene rings is 1. The molecule has 0 atom stereocenters. The minimum Gasteiger partial charge on any atom is -0.714 e. The predicted molar refractivity (Wildman–Crippen MR) is 78.7 cm³/mol. The highest BCUT2D eigenvalue weighted by Gasteiger charge is 2.15. The lowest BCUT2D eigenvalue weighted by molar-refractivity contribution is -0.347. The molecule has 9 heteroatoms. The molecule has 2 heterocycles. The summed E-state index contributed by atoms with van der Waals surface area (Å²) in [6.45, 7) is 1.30. The predicted octanol–water partition coefficient (Wildman–Crippen LogP) is -0.670. The Hall–Kier alpha value is -1.94. The van der Waals surface area contributed by atoms with Gasteiger partial charge in [-0.15, -0.1) is 0 Å². The normalized spacial score (nSPS) is 10.8. The zero-order valence-electron chi connectivity index (χ0n) is 12.1. The van der Waals surface area contributed by atoms with Crippen molar-refractivity contribution in [3.63, 3.8) is 0 Å². The van der Waals surface area contributed by atoms with E-state index in [0.29, 0.717) is 36.9 Å². The molecule has 119 valence electrons. The topological polar surface area (TPSA) is 90.0 Å². The minimum atomic E-state index is -0.455. The Kier molecular flexibility index (Phi) is 4.35. The zero-order chi connectivity index (χ0) is 16.6. The van der Waals surface area contributed by atoms with Crippen molar-refractivity contribution in [3.8, 4) is 23.0 Å². The van der Waals surface area contributed by atoms with E-state index in [0.717, 1.165) is 0 Å². The summed E-state index contributed by atoms with van der Waals surface area (Å²) in [5.41, 5.74) is 2.58. The Labute approximate surface area is 149 Å². The fourth-order valence-corrected chi connectivity index (χ4v) is 2.71. The largest absolute Gasteiger partial charge is 0.714 e. The number of nitrogens with one attached hydrogen (secondary N) is 1. The molecule has 0 unspecified atom stereocenters. The van der Waals surface area contributed by atoms with Crippen molar-refractivity contribution >= 4 is 28.6 Å². The monoisotopic (exact) mass is 444 g/mol. The van der Waals surface area contributed by atoms with Gasteiger partial charge >= 0.3 is 12.0 Å². The number of hydrogen-bond acceptors (Lipinski definition) is 6. The lowest BCUT2D eigenvalue weighted by Crippen LogP contribution is -3.34. The summed E-state index contributed by atoms with van der Waals surface area (Å²) in [6, 6.07) is 3.57. The summed E-state index contributed by atoms with van der Waals surface area (Å²) >= 11 is 8.35. The summed E-state index contributed by atoms with van der Waals surface area (Å²) in [5.74, 6) is -0.0375. The maximum absolute atomic E-state index is 11.0. The van der Waals surface area contributed by atoms with Gasteiger partial charge in [0.25, 0.3) is 0 Å². The molecule has 0 saturated carbocycles. The van der Waals surface area contributed by atoms with Crippen LogP contribution in [0.1, 0.15) is 6.92 Å². The number of aromatic amines is 1. The van der Waals surface area contributed by atoms with Gasteiger partial charge in [0, 0.05) is 18.7 Å². The standard InChI is InChI=1S/C14H10ClIN4O3/c1-6(21)23-14-18-10-3-7(9(15)4-11(10)19-14)8-5-17-13(16)20-12(8)22-2/h3-5H,1-2H3,(H,18,19)/q-1. The van der Waals surface area contributed by atoms with Gasteiger partial charge in [0.15, 0.2) is 0 Å². The molecule has 0 aliphatic carbocycles. The molecule has 0 amide bonds. The summed E-state index contributed by atoms with van der Waals surface area (Å²) in [6.07, 6.45) is 1.64. The van der Waals surface area contributed by atoms with Gasteiger partial charge in [-0.2, -0.15) is 4.98 Å². The smallest absolute Gasteiger partial charge is 0.310 e. The van der Waals surface area contributed by atoms with Crippen LogP contribution in [0.5, 0.6) is 11.9 Å². The number of aromatic nitrogens is 4. The van der Waals surface area contributed by atoms with Crippen molar-refractivity contribution in [2.45, 2.75) is 6.92 Å². The Morgan fingerprint density at radius 3 is 2.78 bits per heavy atom. The number of rotatable bonds is 3. The highest BCUT2D eigenvalue weighted by atomic mass is 127. The minimum absolute atomic E-state index is 0.117. The second kappa shape index (κ2) is 6.28. The van der Waals surface area contributed by atoms with Crippen molar-refractivity contribution in [1.29, 1.82) is 0 Å². The molecule has 0 spiro atoms. The molecule has 23 heavy (non-hydrogen) atoms. The number of carbonyl (C=O) groups is 1. The summed E-state index contributed by atoms with van der Waals surface area (Å²) in [4.78, 5) is 26.5. The number of esters is 1. The lowest BCUT2D eigenvalue weighted by Gasteiger charge is -2.12. The van der Waals surface area contributed by atoms with Gasteiger partial charge in [0.1, 0.15) is 0 Å². The molecule has 3 rings (SSSR count). The lowest BCUT2D eigenvalue weighted by atomic mass is 10.1. The average molecular weight is 445 g/mol. The van der Waals surface area contributed by atoms with Crippen LogP contribution in [0.4, 0.5) is 0 Å². The van der Waals surface area contributed by atoms with E-state index in [2.05, 4.69) is 19.9 Å². The molecule has 0 saturated heterocycles. The Morgan fingerprint density at radius 1 is 1.30 bits per heavy atom. The number of ether oxygens (including phenoxy) is 2. The number of carbonyl (C=O) groups excluding carboxylic acids is 1. The van der Waals surface area contributed by atoms with Crippen LogP contribution in [0.15, 0.2) is 18.3 Å². The zero-order valence-corrected chi connectivity index (χ0v) is 15.0. The van der Waals surface area contributed by atoms with Crippen LogP contribution in [0, 0.1) is 3.83 Å². The van der Waals surface area contributed by atoms with Crippen molar-refractivity contribution in [3.05, 3.63) is 27.2 Å². The third kappa shape index (κ3) is 3.22. The fourth-order valence-electron chi connectivity index (χ4n) is 2.08. The van der Waals surface area contributed by atoms with Gasteiger partial charge in [0.2, 0.25) is 5.88 Å². The number of H-pyrrole nitrogens is 1. The second-order valence-electron chi connectivity index (χ2n) is 4.55. The van der Waals surface area contributed by atoms with Crippen LogP contribution in [0.25, 0.3) is 22.2 Å². The highest BCUT2D eigenvalue weighted by Crippen LogP contribution is 2.35. The number of methoxy groups -OCH3 is 1. The van der Waals surface area contributed by atoms with E-state index in [1.807, 2.05) is 22.6 Å². The van der Waals surface area contributed by atoms with Crippen LogP contribution in [0.2, 0.25) is 5.02 Å². The number of imidazole rings is 1. The molecule has 1 aromatic carbocycles. The summed E-state index contributed by atoms with van der Waals surface area (Å²) < 4.78 is 10.8. The van der Waals surface area contributed by atoms with Gasteiger partial charge in [0.05, 0.1) is 28.7 Å². The SMILES string of the molecule is COc1nc([I-])ncc1-c1cc2nc(OC(C)=O)[nH]c2cc1Cl. The maximum atomic E-state index is 11.0. The molecule has 3 aromatic rings. The average Bonchev–Trinajstić information content (AvgIpc) is 2.86. The van der Waals surface area contributed by atoms with Crippen LogP contribution < -0.4 is 32.1 Å². The van der Waals surface area contributed by atoms with Gasteiger partial charge in [-0.25, -0.2) is 4.98 Å². The Bertz CT molecular complexity index is 912. The molecular weight excluding hydrogens is 435 g/mol. The van der Waals surface area contributed by atoms with Gasteiger partial charge in [-0.05, 0) is 16.0 Å². The number of nitrogens with zero attached hydrogens (tertiary/aromatic N) is 3. The molecule has 0 fully saturated rings. The summed E-state index contributed by atoms with van der Waals surface area (Å²) in [5, 5.41) is 0.471. The number of fused-ring (bicyclic) bond motifs is 1. The second-order valence-corrected chi connectivity index (χ2v) is 5.92. The van der Waals surface area contributed by atoms with Crippen LogP contribution in [-0.2, 0) is 4.79 Å². The first-order valence-corrected chi connectivity index (χ1v) is 7.88. The van der Waals surface area contributed by atoms with Crippen LogP contribution in [0.3, 0.4) is 0 Å². The van der Waals surface area contributed by atoms with Crippen LogP contribution >= 0.6 is 11.6 Å². The molecule has 1 N–H and O–H groups in total. The Balaban J connectivity index is 2.14. The van der Waals surface area contributed by atoms with E-state index in [1.54, 1.807) is 18.3 Å². The van der Waals surface area contributed by atoms with E-state index in [-0.39, 0.29) is 6.01 Å². The molecule has 0 aliphatic rings. The Morgan fingerprint density at radius 2 is 2.09 bits per heavy atom. The van der Waals surface area contributed by atoms with Crippen molar-refractivity contribution in [1.82, 2.24) is 19.9 Å². The molecular formula is C14H10ClIN4O3-. The van der Waals surface area contributed by atoms with Gasteiger partial charge in [-0.1, -0.05) is 11.6 Å². The van der Waals surface area contributed by atoms with E-state index in [4.69, 9.17) is 21.1 Å². The fraction of sp³-hybridized carbons (Fsp3) is 0.143. The molecule has 0 bridgehead atoms. The van der Waals surface area contributed by atoms with E-state index < -0.39 is 5.97 Å². The van der Waals surface area contributed by atoms with Gasteiger partial charge < -0.3 is 37.0 Å². The van der Waals surface area contributed by atoms with E-state index >= 15 is 0 Å². The molecule has 2 aromatic heterocycles. The van der Waals surface area contributed by atoms with Crippen LogP contribution in [-0.4, -0.2) is 33.0 Å². The first kappa shape index (κ1) is 15.9. The van der Waals surface area contributed by atoms with Gasteiger partial charge in [-0.3, -0.25) is 9.78 Å². The third-order valence-corrected chi connectivity index (χ3v) is 3.83. The van der Waals surface area contributed by atoms with Crippen molar-refractivity contribution in [2.24, 2.45) is 0 Å². The molecule has 0 aliphatic heterocycles. The number of halogens is 2. The van der Waals surface area contributed by atoms with Crippen molar-refractivity contribution < 1.29 is 36.9 Å². The number of hydrogen-bond donors (Lipinski definition) is 1. The van der Waals surface area contributed by atoms with E-state index in [1.165, 1.54) is 14.0 Å². The van der Waals surface area contributed by atoms with E-state index in [9.17, 15) is 4.79 Å². The maximum Gasteiger partial charge on any atom is 0.310 e. The van der Waals surface area contributed by atoms with Crippen molar-refractivity contribution in [2.75, 3.05) is 7.11 Å². The highest BCUT2D eigenvalue weighted by molar-refractivity contribution is 6.34. The summed E-state index contributed by atoms with van der Waals surface area (Å²) in [7, 11) is 1.53. The third-order valence-electron chi connectivity index (χ3n) is 3.00. The first-order valence-electron chi connectivity index (χ1n) is 6.42. The first-order chi connectivity index (χ1) is 11.0. The quantitative estimate of drug-likeness (QED) is 0.327. The molecule has 7 nitrogen and oxygen atoms in total.